The van der Waals surface area contributed by atoms with Gasteiger partial charge in [-0.1, -0.05) is 18.6 Å². The minimum atomic E-state index is -0.121. The molecule has 0 spiro atoms. The van der Waals surface area contributed by atoms with E-state index < -0.39 is 0 Å². The number of carbonyl (C=O) groups is 1. The molecule has 7 heteroatoms. The minimum Gasteiger partial charge on any atom is -0.463 e. The van der Waals surface area contributed by atoms with E-state index >= 15 is 0 Å². The molecule has 0 aliphatic carbocycles. The molecule has 0 bridgehead atoms. The third-order valence-electron chi connectivity index (χ3n) is 4.11. The van der Waals surface area contributed by atoms with Gasteiger partial charge >= 0.3 is 5.97 Å². The van der Waals surface area contributed by atoms with Gasteiger partial charge in [0.05, 0.1) is 17.1 Å². The number of hydrogen-bond acceptors (Lipinski definition) is 6. The fourth-order valence-electron chi connectivity index (χ4n) is 2.94. The molecule has 0 radical (unpaired) electrons. The highest BCUT2D eigenvalue weighted by Gasteiger charge is 2.12. The SMILES string of the molecule is Cc1nnc2c(NCCCCCC(=O)OC(C)C)nc3ccccc3n12. The number of carbonyl (C=O) groups excluding carboxylic acids is 1. The van der Waals surface area contributed by atoms with Crippen LogP contribution in [0.25, 0.3) is 16.7 Å². The standard InChI is InChI=1S/C19H25N5O2/c1-13(2)26-17(25)11-5-4-8-12-20-18-19-23-22-14(3)24(19)16-10-7-6-9-15(16)21-18/h6-7,9-10,13H,4-5,8,11-12H2,1-3H3,(H,20,21). The highest BCUT2D eigenvalue weighted by molar-refractivity contribution is 5.82. The number of anilines is 1. The van der Waals surface area contributed by atoms with E-state index in [1.54, 1.807) is 0 Å². The lowest BCUT2D eigenvalue weighted by atomic mass is 10.2. The quantitative estimate of drug-likeness (QED) is 0.492. The summed E-state index contributed by atoms with van der Waals surface area (Å²) < 4.78 is 7.16. The number of para-hydroxylation sites is 2. The van der Waals surface area contributed by atoms with Gasteiger partial charge in [-0.25, -0.2) is 4.98 Å². The van der Waals surface area contributed by atoms with Crippen LogP contribution in [-0.4, -0.2) is 38.2 Å². The fourth-order valence-corrected chi connectivity index (χ4v) is 2.94. The lowest BCUT2D eigenvalue weighted by molar-refractivity contribution is -0.147. The number of rotatable bonds is 8. The second-order valence-corrected chi connectivity index (χ2v) is 6.63. The van der Waals surface area contributed by atoms with Gasteiger partial charge < -0.3 is 10.1 Å². The first-order valence-corrected chi connectivity index (χ1v) is 9.10. The first-order chi connectivity index (χ1) is 12.6. The Morgan fingerprint density at radius 1 is 1.19 bits per heavy atom. The maximum atomic E-state index is 11.5. The number of aryl methyl sites for hydroxylation is 1. The van der Waals surface area contributed by atoms with Crippen molar-refractivity contribution in [2.24, 2.45) is 0 Å². The van der Waals surface area contributed by atoms with Gasteiger partial charge in [0.2, 0.25) is 5.65 Å². The number of esters is 1. The molecule has 0 aliphatic rings. The normalized spacial score (nSPS) is 11.4. The van der Waals surface area contributed by atoms with Crippen LogP contribution in [0.2, 0.25) is 0 Å². The summed E-state index contributed by atoms with van der Waals surface area (Å²) in [5.74, 6) is 1.46. The van der Waals surface area contributed by atoms with E-state index in [0.29, 0.717) is 6.42 Å². The zero-order valence-corrected chi connectivity index (χ0v) is 15.5. The zero-order chi connectivity index (χ0) is 18.5. The number of fused-ring (bicyclic) bond motifs is 3. The largest absolute Gasteiger partial charge is 0.463 e. The molecule has 0 unspecified atom stereocenters. The third-order valence-corrected chi connectivity index (χ3v) is 4.11. The van der Waals surface area contributed by atoms with Crippen molar-refractivity contribution in [3.05, 3.63) is 30.1 Å². The minimum absolute atomic E-state index is 0.0443. The first-order valence-electron chi connectivity index (χ1n) is 9.10. The second-order valence-electron chi connectivity index (χ2n) is 6.63. The highest BCUT2D eigenvalue weighted by Crippen LogP contribution is 2.21. The molecule has 0 fully saturated rings. The van der Waals surface area contributed by atoms with Crippen molar-refractivity contribution in [3.8, 4) is 0 Å². The molecule has 1 N–H and O–H groups in total. The zero-order valence-electron chi connectivity index (χ0n) is 15.5. The van der Waals surface area contributed by atoms with Crippen molar-refractivity contribution in [2.75, 3.05) is 11.9 Å². The Labute approximate surface area is 152 Å². The van der Waals surface area contributed by atoms with Crippen molar-refractivity contribution in [3.63, 3.8) is 0 Å². The Bertz CT molecular complexity index is 903. The Kier molecular flexibility index (Phi) is 5.65. The average Bonchev–Trinajstić information content (AvgIpc) is 2.99. The van der Waals surface area contributed by atoms with E-state index in [2.05, 4.69) is 20.5 Å². The van der Waals surface area contributed by atoms with Crippen LogP contribution in [-0.2, 0) is 9.53 Å². The number of benzene rings is 1. The number of unbranched alkanes of at least 4 members (excludes halogenated alkanes) is 2. The number of nitrogens with zero attached hydrogens (tertiary/aromatic N) is 4. The van der Waals surface area contributed by atoms with Crippen LogP contribution in [0.5, 0.6) is 0 Å². The van der Waals surface area contributed by atoms with E-state index in [1.165, 1.54) is 0 Å². The van der Waals surface area contributed by atoms with Crippen molar-refractivity contribution >= 4 is 28.5 Å². The third kappa shape index (κ3) is 4.09. The Hall–Kier alpha value is -2.70. The molecule has 0 saturated carbocycles. The summed E-state index contributed by atoms with van der Waals surface area (Å²) in [6, 6.07) is 7.96. The maximum Gasteiger partial charge on any atom is 0.306 e. The van der Waals surface area contributed by atoms with Gasteiger partial charge in [-0.2, -0.15) is 0 Å². The molecule has 3 aromatic rings. The highest BCUT2D eigenvalue weighted by atomic mass is 16.5. The molecule has 0 amide bonds. The van der Waals surface area contributed by atoms with Gasteiger partial charge in [0.1, 0.15) is 5.82 Å². The molecule has 2 heterocycles. The maximum absolute atomic E-state index is 11.5. The molecule has 2 aromatic heterocycles. The van der Waals surface area contributed by atoms with Crippen molar-refractivity contribution in [2.45, 2.75) is 52.6 Å². The lowest BCUT2D eigenvalue weighted by Crippen LogP contribution is -2.11. The fraction of sp³-hybridized carbons (Fsp3) is 0.474. The molecule has 26 heavy (non-hydrogen) atoms. The lowest BCUT2D eigenvalue weighted by Gasteiger charge is -2.10. The molecule has 1 aromatic carbocycles. The Morgan fingerprint density at radius 2 is 2.00 bits per heavy atom. The Morgan fingerprint density at radius 3 is 2.81 bits per heavy atom. The van der Waals surface area contributed by atoms with Crippen LogP contribution in [0.15, 0.2) is 24.3 Å². The Balaban J connectivity index is 1.58. The van der Waals surface area contributed by atoms with E-state index in [4.69, 9.17) is 4.74 Å². The number of aromatic nitrogens is 4. The molecule has 0 aliphatic heterocycles. The molecule has 3 rings (SSSR count). The summed E-state index contributed by atoms with van der Waals surface area (Å²) in [5, 5.41) is 11.8. The summed E-state index contributed by atoms with van der Waals surface area (Å²) in [6.45, 7) is 6.44. The van der Waals surface area contributed by atoms with Crippen LogP contribution < -0.4 is 5.32 Å². The van der Waals surface area contributed by atoms with E-state index in [0.717, 1.165) is 54.1 Å². The molecule has 0 saturated heterocycles. The van der Waals surface area contributed by atoms with Gasteiger partial charge in [0.15, 0.2) is 5.82 Å². The molecule has 7 nitrogen and oxygen atoms in total. The van der Waals surface area contributed by atoms with Gasteiger partial charge in [0.25, 0.3) is 0 Å². The summed E-state index contributed by atoms with van der Waals surface area (Å²) in [5.41, 5.74) is 2.64. The van der Waals surface area contributed by atoms with Gasteiger partial charge in [-0.3, -0.25) is 9.20 Å². The topological polar surface area (TPSA) is 81.4 Å². The van der Waals surface area contributed by atoms with Crippen LogP contribution in [0.1, 0.15) is 45.4 Å². The monoisotopic (exact) mass is 355 g/mol. The van der Waals surface area contributed by atoms with E-state index in [-0.39, 0.29) is 12.1 Å². The molecule has 138 valence electrons. The van der Waals surface area contributed by atoms with Crippen molar-refractivity contribution in [1.29, 1.82) is 0 Å². The smallest absolute Gasteiger partial charge is 0.306 e. The molecular weight excluding hydrogens is 330 g/mol. The van der Waals surface area contributed by atoms with Crippen LogP contribution in [0.3, 0.4) is 0 Å². The predicted octanol–water partition coefficient (Wildman–Crippen LogP) is 3.51. The number of ether oxygens (including phenoxy) is 1. The van der Waals surface area contributed by atoms with Gasteiger partial charge in [0, 0.05) is 13.0 Å². The van der Waals surface area contributed by atoms with E-state index in [9.17, 15) is 4.79 Å². The summed E-state index contributed by atoms with van der Waals surface area (Å²) >= 11 is 0. The van der Waals surface area contributed by atoms with E-state index in [1.807, 2.05) is 49.4 Å². The number of hydrogen-bond donors (Lipinski definition) is 1. The van der Waals surface area contributed by atoms with Crippen LogP contribution in [0, 0.1) is 6.92 Å². The van der Waals surface area contributed by atoms with Crippen LogP contribution in [0.4, 0.5) is 5.82 Å². The van der Waals surface area contributed by atoms with Crippen molar-refractivity contribution in [1.82, 2.24) is 19.6 Å². The summed E-state index contributed by atoms with van der Waals surface area (Å²) in [7, 11) is 0. The molecule has 0 atom stereocenters. The van der Waals surface area contributed by atoms with Crippen molar-refractivity contribution < 1.29 is 9.53 Å². The van der Waals surface area contributed by atoms with Gasteiger partial charge in [-0.15, -0.1) is 10.2 Å². The van der Waals surface area contributed by atoms with Crippen LogP contribution >= 0.6 is 0 Å². The van der Waals surface area contributed by atoms with Gasteiger partial charge in [-0.05, 0) is 45.7 Å². The molecular formula is C19H25N5O2. The summed E-state index contributed by atoms with van der Waals surface area (Å²) in [6.07, 6.45) is 3.16. The first kappa shape index (κ1) is 18.1. The summed E-state index contributed by atoms with van der Waals surface area (Å²) in [4.78, 5) is 16.2. The average molecular weight is 355 g/mol. The number of nitrogens with one attached hydrogen (secondary N) is 1. The predicted molar refractivity (Wildman–Crippen MR) is 101 cm³/mol. The second kappa shape index (κ2) is 8.12.